The van der Waals surface area contributed by atoms with Crippen LogP contribution in [-0.4, -0.2) is 42.7 Å². The number of nitrogens with zero attached hydrogens (tertiary/aromatic N) is 4. The van der Waals surface area contributed by atoms with E-state index in [2.05, 4.69) is 74.7 Å². The fourth-order valence-corrected chi connectivity index (χ4v) is 7.00. The summed E-state index contributed by atoms with van der Waals surface area (Å²) in [6.07, 6.45) is 8.14. The predicted molar refractivity (Wildman–Crippen MR) is 143 cm³/mol. The van der Waals surface area contributed by atoms with Crippen LogP contribution in [0, 0.1) is 11.8 Å². The Morgan fingerprint density at radius 3 is 2.67 bits per heavy atom. The van der Waals surface area contributed by atoms with Gasteiger partial charge in [-0.25, -0.2) is 0 Å². The summed E-state index contributed by atoms with van der Waals surface area (Å²) in [6.45, 7) is 9.10. The lowest BCUT2D eigenvalue weighted by Gasteiger charge is -2.47. The Morgan fingerprint density at radius 2 is 1.94 bits per heavy atom. The number of hydrogen-bond acceptors (Lipinski definition) is 4. The smallest absolute Gasteiger partial charge is 0.272 e. The largest absolute Gasteiger partial charge is 0.352 e. The number of hydrogen-bond donors (Lipinski definition) is 2. The van der Waals surface area contributed by atoms with Gasteiger partial charge in [0.25, 0.3) is 5.56 Å². The number of pyridine rings is 1. The molecule has 0 radical (unpaired) electrons. The molecule has 0 spiro atoms. The molecule has 1 aliphatic carbocycles. The van der Waals surface area contributed by atoms with Crippen molar-refractivity contribution in [3.63, 3.8) is 0 Å². The van der Waals surface area contributed by atoms with Crippen LogP contribution in [0.25, 0.3) is 22.0 Å². The number of fused-ring (bicyclic) bond motifs is 1. The molecule has 0 unspecified atom stereocenters. The molecule has 1 saturated carbocycles. The minimum absolute atomic E-state index is 0.0722. The normalized spacial score (nSPS) is 25.7. The highest BCUT2D eigenvalue weighted by molar-refractivity contribution is 5.98. The molecule has 0 amide bonds. The number of aromatic nitrogens is 5. The van der Waals surface area contributed by atoms with E-state index in [0.717, 1.165) is 48.4 Å². The summed E-state index contributed by atoms with van der Waals surface area (Å²) < 4.78 is 2.07. The minimum Gasteiger partial charge on any atom is -0.352 e. The van der Waals surface area contributed by atoms with E-state index >= 15 is 0 Å². The molecule has 36 heavy (non-hydrogen) atoms. The third kappa shape index (κ3) is 3.55. The second-order valence-corrected chi connectivity index (χ2v) is 11.3. The van der Waals surface area contributed by atoms with Crippen molar-refractivity contribution in [1.82, 2.24) is 29.6 Å². The van der Waals surface area contributed by atoms with Crippen LogP contribution in [0.3, 0.4) is 0 Å². The maximum Gasteiger partial charge on any atom is 0.272 e. The lowest BCUT2D eigenvalue weighted by atomic mass is 9.57. The zero-order valence-corrected chi connectivity index (χ0v) is 21.7. The van der Waals surface area contributed by atoms with Crippen LogP contribution in [0.5, 0.6) is 0 Å². The van der Waals surface area contributed by atoms with E-state index in [4.69, 9.17) is 0 Å². The lowest BCUT2D eigenvalue weighted by Crippen LogP contribution is -2.43. The fraction of sp³-hybridized carbons (Fsp3) is 0.483. The van der Waals surface area contributed by atoms with Crippen molar-refractivity contribution >= 4 is 10.9 Å². The molecule has 7 heteroatoms. The Balaban J connectivity index is 1.58. The highest BCUT2D eigenvalue weighted by atomic mass is 16.1. The number of likely N-dealkylation sites (tertiary alicyclic amines) is 1. The van der Waals surface area contributed by atoms with Gasteiger partial charge in [-0.1, -0.05) is 38.1 Å². The topological polar surface area (TPSA) is 82.6 Å². The third-order valence-corrected chi connectivity index (χ3v) is 8.66. The molecule has 1 saturated heterocycles. The SMILES string of the molecule is CC1CC(c2ccccc2-c2c([C@H](C)N3CCC[C@H](C)C3)[nH]c3c(=O)[nH]ccc23)(c2nncn2C)C1. The average Bonchev–Trinajstić information content (AvgIpc) is 3.46. The standard InChI is InChI=1S/C29H36N6O/c1-18-8-7-13-35(16-18)20(3)25-24(22-11-12-30-27(36)26(22)32-25)21-9-5-6-10-23(21)29(14-19(2)15-29)28-33-31-17-34(28)4/h5-6,9-12,17-20,32H,7-8,13-16H2,1-4H3,(H,30,36)/t18-,19?,20-,29?/m0/s1. The third-order valence-electron chi connectivity index (χ3n) is 8.66. The molecule has 2 N–H and O–H groups in total. The van der Waals surface area contributed by atoms with Crippen LogP contribution in [-0.2, 0) is 12.5 Å². The number of piperidine rings is 1. The summed E-state index contributed by atoms with van der Waals surface area (Å²) in [5.41, 5.74) is 5.15. The van der Waals surface area contributed by atoms with Gasteiger partial charge in [0, 0.05) is 42.5 Å². The highest BCUT2D eigenvalue weighted by Crippen LogP contribution is 2.54. The molecule has 1 aromatic carbocycles. The van der Waals surface area contributed by atoms with Gasteiger partial charge in [0.05, 0.1) is 5.41 Å². The molecule has 7 nitrogen and oxygen atoms in total. The summed E-state index contributed by atoms with van der Waals surface area (Å²) >= 11 is 0. The van der Waals surface area contributed by atoms with Crippen molar-refractivity contribution in [3.8, 4) is 11.1 Å². The molecule has 4 aromatic rings. The maximum absolute atomic E-state index is 12.9. The molecular weight excluding hydrogens is 448 g/mol. The van der Waals surface area contributed by atoms with Crippen molar-refractivity contribution < 1.29 is 0 Å². The molecule has 2 aliphatic rings. The van der Waals surface area contributed by atoms with Crippen molar-refractivity contribution in [1.29, 1.82) is 0 Å². The number of benzene rings is 1. The lowest BCUT2D eigenvalue weighted by molar-refractivity contribution is 0.137. The summed E-state index contributed by atoms with van der Waals surface area (Å²) in [4.78, 5) is 22.0. The van der Waals surface area contributed by atoms with Crippen LogP contribution in [0.15, 0.2) is 47.7 Å². The van der Waals surface area contributed by atoms with Crippen LogP contribution in [0.2, 0.25) is 0 Å². The number of aryl methyl sites for hydroxylation is 1. The summed E-state index contributed by atoms with van der Waals surface area (Å²) in [6, 6.07) is 11.0. The van der Waals surface area contributed by atoms with Crippen molar-refractivity contribution in [3.05, 3.63) is 70.3 Å². The van der Waals surface area contributed by atoms with E-state index in [-0.39, 0.29) is 17.0 Å². The van der Waals surface area contributed by atoms with E-state index in [1.165, 1.54) is 24.0 Å². The van der Waals surface area contributed by atoms with Crippen LogP contribution < -0.4 is 5.56 Å². The van der Waals surface area contributed by atoms with E-state index < -0.39 is 0 Å². The average molecular weight is 485 g/mol. The van der Waals surface area contributed by atoms with Crippen LogP contribution >= 0.6 is 0 Å². The highest BCUT2D eigenvalue weighted by Gasteiger charge is 2.49. The van der Waals surface area contributed by atoms with Gasteiger partial charge in [0.1, 0.15) is 17.7 Å². The quantitative estimate of drug-likeness (QED) is 0.410. The number of nitrogens with one attached hydrogen (secondary N) is 2. The Hall–Kier alpha value is -3.19. The minimum atomic E-state index is -0.188. The van der Waals surface area contributed by atoms with Crippen LogP contribution in [0.4, 0.5) is 0 Å². The monoisotopic (exact) mass is 484 g/mol. The fourth-order valence-electron chi connectivity index (χ4n) is 7.00. The summed E-state index contributed by atoms with van der Waals surface area (Å²) in [5.74, 6) is 2.32. The van der Waals surface area contributed by atoms with Gasteiger partial charge in [-0.2, -0.15) is 0 Å². The van der Waals surface area contributed by atoms with Crippen molar-refractivity contribution in [2.45, 2.75) is 57.9 Å². The van der Waals surface area contributed by atoms with E-state index in [0.29, 0.717) is 17.4 Å². The number of aromatic amines is 2. The van der Waals surface area contributed by atoms with Gasteiger partial charge in [0.15, 0.2) is 0 Å². The first-order valence-corrected chi connectivity index (χ1v) is 13.3. The predicted octanol–water partition coefficient (Wildman–Crippen LogP) is 5.16. The summed E-state index contributed by atoms with van der Waals surface area (Å²) in [5, 5.41) is 9.83. The second-order valence-electron chi connectivity index (χ2n) is 11.3. The van der Waals surface area contributed by atoms with Gasteiger partial charge < -0.3 is 14.5 Å². The Kier molecular flexibility index (Phi) is 5.63. The molecular formula is C29H36N6O. The molecule has 0 bridgehead atoms. The molecule has 188 valence electrons. The first-order valence-electron chi connectivity index (χ1n) is 13.3. The molecule has 3 aromatic heterocycles. The number of H-pyrrole nitrogens is 2. The zero-order valence-electron chi connectivity index (χ0n) is 21.7. The summed E-state index contributed by atoms with van der Waals surface area (Å²) in [7, 11) is 2.04. The number of rotatable bonds is 5. The van der Waals surface area contributed by atoms with Gasteiger partial charge >= 0.3 is 0 Å². The van der Waals surface area contributed by atoms with Crippen LogP contribution in [0.1, 0.15) is 69.6 Å². The maximum atomic E-state index is 12.9. The first kappa shape index (κ1) is 23.2. The van der Waals surface area contributed by atoms with Crippen molar-refractivity contribution in [2.24, 2.45) is 18.9 Å². The molecule has 4 heterocycles. The molecule has 6 rings (SSSR count). The second kappa shape index (κ2) is 8.73. The molecule has 2 atom stereocenters. The van der Waals surface area contributed by atoms with Gasteiger partial charge in [0.2, 0.25) is 0 Å². The molecule has 1 aliphatic heterocycles. The van der Waals surface area contributed by atoms with Gasteiger partial charge in [-0.15, -0.1) is 10.2 Å². The van der Waals surface area contributed by atoms with E-state index in [1.54, 1.807) is 12.5 Å². The Labute approximate surface area is 212 Å². The van der Waals surface area contributed by atoms with E-state index in [1.807, 2.05) is 13.1 Å². The van der Waals surface area contributed by atoms with Crippen molar-refractivity contribution in [2.75, 3.05) is 13.1 Å². The van der Waals surface area contributed by atoms with Gasteiger partial charge in [-0.05, 0) is 68.2 Å². The zero-order chi connectivity index (χ0) is 25.0. The Bertz CT molecular complexity index is 1460. The van der Waals surface area contributed by atoms with E-state index in [9.17, 15) is 4.79 Å². The Morgan fingerprint density at radius 1 is 1.14 bits per heavy atom. The molecule has 2 fully saturated rings. The first-order chi connectivity index (χ1) is 17.4. The van der Waals surface area contributed by atoms with Gasteiger partial charge in [-0.3, -0.25) is 9.69 Å².